The molecule has 3 aliphatic rings. The van der Waals surface area contributed by atoms with E-state index in [4.69, 9.17) is 4.74 Å². The third-order valence-corrected chi connectivity index (χ3v) is 5.60. The highest BCUT2D eigenvalue weighted by molar-refractivity contribution is 5.94. The van der Waals surface area contributed by atoms with E-state index in [9.17, 15) is 18.0 Å². The van der Waals surface area contributed by atoms with Gasteiger partial charge in [-0.3, -0.25) is 9.89 Å². The van der Waals surface area contributed by atoms with Crippen molar-refractivity contribution in [2.24, 2.45) is 11.3 Å². The number of likely N-dealkylation sites (tertiary alicyclic amines) is 1. The van der Waals surface area contributed by atoms with E-state index in [0.29, 0.717) is 25.2 Å². The molecule has 8 heteroatoms. The molecule has 1 aromatic rings. The van der Waals surface area contributed by atoms with Crippen LogP contribution >= 0.6 is 0 Å². The van der Waals surface area contributed by atoms with Gasteiger partial charge >= 0.3 is 6.18 Å². The lowest BCUT2D eigenvalue weighted by Gasteiger charge is -2.59. The third kappa shape index (κ3) is 2.34. The number of aromatic nitrogens is 2. The van der Waals surface area contributed by atoms with Crippen molar-refractivity contribution in [3.05, 3.63) is 17.0 Å². The Morgan fingerprint density at radius 1 is 1.33 bits per heavy atom. The fraction of sp³-hybridized carbons (Fsp3) is 0.750. The molecule has 1 aromatic heterocycles. The second-order valence-electron chi connectivity index (χ2n) is 7.57. The molecule has 5 nitrogen and oxygen atoms in total. The quantitative estimate of drug-likeness (QED) is 0.853. The van der Waals surface area contributed by atoms with Crippen LogP contribution in [0.3, 0.4) is 0 Å². The van der Waals surface area contributed by atoms with E-state index in [1.54, 1.807) is 4.90 Å². The predicted molar refractivity (Wildman–Crippen MR) is 78.4 cm³/mol. The molecule has 24 heavy (non-hydrogen) atoms. The van der Waals surface area contributed by atoms with E-state index < -0.39 is 12.1 Å². The maximum absolute atomic E-state index is 12.7. The third-order valence-electron chi connectivity index (χ3n) is 5.60. The molecule has 0 aromatic carbocycles. The number of ether oxygens (including phenoxy) is 1. The van der Waals surface area contributed by atoms with Crippen molar-refractivity contribution in [2.45, 2.75) is 51.5 Å². The maximum Gasteiger partial charge on any atom is 0.391 e. The number of alkyl halides is 3. The second-order valence-corrected chi connectivity index (χ2v) is 7.57. The molecule has 3 heterocycles. The topological polar surface area (TPSA) is 58.2 Å². The van der Waals surface area contributed by atoms with Gasteiger partial charge in [0.1, 0.15) is 0 Å². The van der Waals surface area contributed by atoms with Crippen LogP contribution in [0.4, 0.5) is 13.2 Å². The first-order valence-corrected chi connectivity index (χ1v) is 8.27. The number of H-pyrrole nitrogens is 1. The van der Waals surface area contributed by atoms with Crippen LogP contribution in [0.2, 0.25) is 0 Å². The molecule has 4 rings (SSSR count). The van der Waals surface area contributed by atoms with Gasteiger partial charge in [-0.15, -0.1) is 0 Å². The molecule has 2 atom stereocenters. The number of amides is 1. The monoisotopic (exact) mass is 343 g/mol. The lowest BCUT2D eigenvalue weighted by Crippen LogP contribution is -2.65. The molecule has 132 valence electrons. The molecule has 0 radical (unpaired) electrons. The first-order chi connectivity index (χ1) is 11.2. The zero-order valence-electron chi connectivity index (χ0n) is 13.6. The molecule has 2 aliphatic heterocycles. The Morgan fingerprint density at radius 3 is 2.62 bits per heavy atom. The van der Waals surface area contributed by atoms with Crippen molar-refractivity contribution in [3.8, 4) is 0 Å². The van der Waals surface area contributed by atoms with Gasteiger partial charge in [0.05, 0.1) is 23.8 Å². The van der Waals surface area contributed by atoms with Gasteiger partial charge in [-0.2, -0.15) is 18.3 Å². The minimum absolute atomic E-state index is 0.0126. The van der Waals surface area contributed by atoms with Gasteiger partial charge in [0.25, 0.3) is 5.91 Å². The van der Waals surface area contributed by atoms with Gasteiger partial charge in [-0.05, 0) is 26.7 Å². The number of nitrogens with one attached hydrogen (secondary N) is 1. The summed E-state index contributed by atoms with van der Waals surface area (Å²) in [6.07, 6.45) is -3.34. The zero-order valence-corrected chi connectivity index (χ0v) is 13.6. The highest BCUT2D eigenvalue weighted by Gasteiger charge is 2.61. The Balaban J connectivity index is 1.43. The first kappa shape index (κ1) is 15.9. The molecule has 1 spiro atoms. The maximum atomic E-state index is 12.7. The van der Waals surface area contributed by atoms with Crippen LogP contribution in [0.15, 0.2) is 0 Å². The van der Waals surface area contributed by atoms with Crippen LogP contribution in [0, 0.1) is 11.3 Å². The summed E-state index contributed by atoms with van der Waals surface area (Å²) in [6, 6.07) is 0. The van der Waals surface area contributed by atoms with Gasteiger partial charge < -0.3 is 9.64 Å². The molecule has 1 amide bonds. The van der Waals surface area contributed by atoms with Crippen LogP contribution in [-0.2, 0) is 11.2 Å². The van der Waals surface area contributed by atoms with Crippen LogP contribution in [0.1, 0.15) is 54.5 Å². The lowest BCUT2D eigenvalue weighted by molar-refractivity contribution is -0.238. The number of aromatic amines is 1. The van der Waals surface area contributed by atoms with E-state index in [1.165, 1.54) is 0 Å². The SMILES string of the molecule is C[C@@H]1Cc2c(C(=O)N3CC4(CC(C(F)(F)F)C4)C3)n[nH]c2[C@H](C)O1. The number of carbonyl (C=O) groups excluding carboxylic acids is 1. The van der Waals surface area contributed by atoms with Crippen molar-refractivity contribution < 1.29 is 22.7 Å². The van der Waals surface area contributed by atoms with Crippen LogP contribution in [0.25, 0.3) is 0 Å². The summed E-state index contributed by atoms with van der Waals surface area (Å²) >= 11 is 0. The van der Waals surface area contributed by atoms with E-state index in [-0.39, 0.29) is 36.4 Å². The largest absolute Gasteiger partial charge is 0.391 e. The summed E-state index contributed by atoms with van der Waals surface area (Å²) in [7, 11) is 0. The smallest absolute Gasteiger partial charge is 0.369 e. The van der Waals surface area contributed by atoms with Gasteiger partial charge in [0.2, 0.25) is 0 Å². The number of nitrogens with zero attached hydrogens (tertiary/aromatic N) is 2. The van der Waals surface area contributed by atoms with Crippen LogP contribution < -0.4 is 0 Å². The van der Waals surface area contributed by atoms with Crippen molar-refractivity contribution in [1.29, 1.82) is 0 Å². The fourth-order valence-electron chi connectivity index (χ4n) is 4.38. The van der Waals surface area contributed by atoms with E-state index in [1.807, 2.05) is 13.8 Å². The fourth-order valence-corrected chi connectivity index (χ4v) is 4.38. The standard InChI is InChI=1S/C16H20F3N3O2/c1-8-3-11-12(9(2)24-8)20-21-13(11)14(23)22-6-15(7-22)4-10(5-15)16(17,18)19/h8-10H,3-7H2,1-2H3,(H,20,21)/t8-,9+/m1/s1. The van der Waals surface area contributed by atoms with Gasteiger partial charge in [-0.1, -0.05) is 0 Å². The second kappa shape index (κ2) is 4.97. The molecule has 1 saturated heterocycles. The number of rotatable bonds is 1. The normalized spacial score (nSPS) is 29.1. The van der Waals surface area contributed by atoms with E-state index >= 15 is 0 Å². The molecule has 1 N–H and O–H groups in total. The molecule has 1 aliphatic carbocycles. The predicted octanol–water partition coefficient (Wildman–Crippen LogP) is 2.85. The average Bonchev–Trinajstić information content (AvgIpc) is 2.77. The summed E-state index contributed by atoms with van der Waals surface area (Å²) in [6.45, 7) is 4.67. The van der Waals surface area contributed by atoms with Crippen molar-refractivity contribution in [3.63, 3.8) is 0 Å². The van der Waals surface area contributed by atoms with Gasteiger partial charge in [0, 0.05) is 30.5 Å². The van der Waals surface area contributed by atoms with Crippen molar-refractivity contribution >= 4 is 5.91 Å². The average molecular weight is 343 g/mol. The van der Waals surface area contributed by atoms with E-state index in [0.717, 1.165) is 11.3 Å². The molecule has 1 saturated carbocycles. The Kier molecular flexibility index (Phi) is 3.30. The lowest BCUT2D eigenvalue weighted by atomic mass is 9.57. The van der Waals surface area contributed by atoms with Crippen molar-refractivity contribution in [2.75, 3.05) is 13.1 Å². The Bertz CT molecular complexity index is 671. The Morgan fingerprint density at radius 2 is 2.00 bits per heavy atom. The van der Waals surface area contributed by atoms with Crippen LogP contribution in [0.5, 0.6) is 0 Å². The highest BCUT2D eigenvalue weighted by atomic mass is 19.4. The summed E-state index contributed by atoms with van der Waals surface area (Å²) < 4.78 is 43.6. The Labute approximate surface area is 137 Å². The van der Waals surface area contributed by atoms with Gasteiger partial charge in [-0.25, -0.2) is 0 Å². The van der Waals surface area contributed by atoms with Crippen LogP contribution in [-0.4, -0.2) is 46.4 Å². The number of halogens is 3. The molecule has 2 fully saturated rings. The summed E-state index contributed by atoms with van der Waals surface area (Å²) in [4.78, 5) is 14.3. The molecule has 0 unspecified atom stereocenters. The number of fused-ring (bicyclic) bond motifs is 1. The Hall–Kier alpha value is -1.57. The summed E-state index contributed by atoms with van der Waals surface area (Å²) in [5.41, 5.74) is 1.78. The number of carbonyl (C=O) groups is 1. The molecular formula is C16H20F3N3O2. The number of hydrogen-bond acceptors (Lipinski definition) is 3. The highest BCUT2D eigenvalue weighted by Crippen LogP contribution is 2.57. The molecule has 0 bridgehead atoms. The number of hydrogen-bond donors (Lipinski definition) is 1. The van der Waals surface area contributed by atoms with E-state index in [2.05, 4.69) is 10.2 Å². The van der Waals surface area contributed by atoms with Crippen molar-refractivity contribution in [1.82, 2.24) is 15.1 Å². The minimum atomic E-state index is -4.11. The summed E-state index contributed by atoms with van der Waals surface area (Å²) in [5, 5.41) is 7.04. The summed E-state index contributed by atoms with van der Waals surface area (Å²) in [5.74, 6) is -1.39. The minimum Gasteiger partial charge on any atom is -0.369 e. The van der Waals surface area contributed by atoms with Gasteiger partial charge in [0.15, 0.2) is 5.69 Å². The zero-order chi connectivity index (χ0) is 17.3. The first-order valence-electron chi connectivity index (χ1n) is 8.27. The molecular weight excluding hydrogens is 323 g/mol.